The lowest BCUT2D eigenvalue weighted by Gasteiger charge is -2.17. The zero-order chi connectivity index (χ0) is 9.56. The second kappa shape index (κ2) is 5.60. The fraction of sp³-hybridized carbons (Fsp3) is 0.625. The van der Waals surface area contributed by atoms with Gasteiger partial charge >= 0.3 is 5.97 Å². The van der Waals surface area contributed by atoms with Gasteiger partial charge in [0.2, 0.25) is 0 Å². The highest BCUT2D eigenvalue weighted by Crippen LogP contribution is 1.95. The Kier molecular flexibility index (Phi) is 5.12. The number of hydrogen-bond acceptors (Lipinski definition) is 3. The number of nitrogens with two attached hydrogens (primary N) is 1. The van der Waals surface area contributed by atoms with Gasteiger partial charge in [0.15, 0.2) is 0 Å². The van der Waals surface area contributed by atoms with Crippen molar-refractivity contribution in [1.82, 2.24) is 4.90 Å². The van der Waals surface area contributed by atoms with E-state index in [1.54, 1.807) is 11.1 Å². The molecule has 0 saturated heterocycles. The molecule has 12 heavy (non-hydrogen) atoms. The van der Waals surface area contributed by atoms with Crippen molar-refractivity contribution in [2.45, 2.75) is 13.8 Å². The average molecular weight is 172 g/mol. The standard InChI is InChI=1S/C8H16N2O2/c1-7(2)5-10(4-3-9)6-8(11)12/h5H,3-4,6,9H2,1-2H3,(H,11,12). The van der Waals surface area contributed by atoms with Gasteiger partial charge in [0.05, 0.1) is 0 Å². The quantitative estimate of drug-likeness (QED) is 0.624. The summed E-state index contributed by atoms with van der Waals surface area (Å²) in [5.41, 5.74) is 6.39. The summed E-state index contributed by atoms with van der Waals surface area (Å²) < 4.78 is 0. The Morgan fingerprint density at radius 3 is 2.50 bits per heavy atom. The average Bonchev–Trinajstić information content (AvgIpc) is 1.84. The van der Waals surface area contributed by atoms with Crippen LogP contribution < -0.4 is 5.73 Å². The van der Waals surface area contributed by atoms with Crippen LogP contribution in [0.5, 0.6) is 0 Å². The molecule has 0 spiro atoms. The fourth-order valence-electron chi connectivity index (χ4n) is 0.894. The number of aliphatic carboxylic acids is 1. The van der Waals surface area contributed by atoms with Crippen LogP contribution in [-0.2, 0) is 4.79 Å². The van der Waals surface area contributed by atoms with Gasteiger partial charge in [0, 0.05) is 13.1 Å². The molecule has 0 unspecified atom stereocenters. The van der Waals surface area contributed by atoms with Crippen molar-refractivity contribution in [2.24, 2.45) is 5.73 Å². The Hall–Kier alpha value is -1.03. The molecule has 4 nitrogen and oxygen atoms in total. The Balaban J connectivity index is 4.04. The van der Waals surface area contributed by atoms with Crippen LogP contribution in [0.1, 0.15) is 13.8 Å². The molecule has 0 aliphatic rings. The lowest BCUT2D eigenvalue weighted by molar-refractivity contribution is -0.137. The van der Waals surface area contributed by atoms with Crippen molar-refractivity contribution in [3.05, 3.63) is 11.8 Å². The molecule has 0 aliphatic heterocycles. The van der Waals surface area contributed by atoms with Crippen LogP contribution in [-0.4, -0.2) is 35.6 Å². The number of rotatable bonds is 5. The lowest BCUT2D eigenvalue weighted by atomic mass is 10.3. The largest absolute Gasteiger partial charge is 0.480 e. The third kappa shape index (κ3) is 5.73. The van der Waals surface area contributed by atoms with Crippen molar-refractivity contribution < 1.29 is 9.90 Å². The van der Waals surface area contributed by atoms with Gasteiger partial charge < -0.3 is 15.7 Å². The Labute approximate surface area is 72.7 Å². The molecule has 0 aromatic heterocycles. The van der Waals surface area contributed by atoms with Crippen molar-refractivity contribution in [3.8, 4) is 0 Å². The van der Waals surface area contributed by atoms with E-state index in [-0.39, 0.29) is 6.54 Å². The second-order valence-corrected chi connectivity index (χ2v) is 2.86. The van der Waals surface area contributed by atoms with Gasteiger partial charge in [-0.15, -0.1) is 0 Å². The molecule has 70 valence electrons. The zero-order valence-corrected chi connectivity index (χ0v) is 7.58. The van der Waals surface area contributed by atoms with Gasteiger partial charge in [-0.05, 0) is 20.0 Å². The smallest absolute Gasteiger partial charge is 0.323 e. The minimum Gasteiger partial charge on any atom is -0.480 e. The predicted molar refractivity (Wildman–Crippen MR) is 47.7 cm³/mol. The van der Waals surface area contributed by atoms with Gasteiger partial charge in [0.1, 0.15) is 6.54 Å². The molecular formula is C8H16N2O2. The van der Waals surface area contributed by atoms with Crippen molar-refractivity contribution in [3.63, 3.8) is 0 Å². The number of carboxylic acids is 1. The summed E-state index contributed by atoms with van der Waals surface area (Å²) in [5, 5.41) is 8.51. The van der Waals surface area contributed by atoms with E-state index in [1.807, 2.05) is 13.8 Å². The van der Waals surface area contributed by atoms with E-state index in [0.717, 1.165) is 5.57 Å². The third-order valence-corrected chi connectivity index (χ3v) is 1.20. The first-order valence-electron chi connectivity index (χ1n) is 3.87. The van der Waals surface area contributed by atoms with Crippen LogP contribution in [0.15, 0.2) is 11.8 Å². The highest BCUT2D eigenvalue weighted by atomic mass is 16.4. The molecule has 0 heterocycles. The van der Waals surface area contributed by atoms with Crippen LogP contribution in [0.4, 0.5) is 0 Å². The van der Waals surface area contributed by atoms with Crippen molar-refractivity contribution in [1.29, 1.82) is 0 Å². The normalized spacial score (nSPS) is 9.25. The Morgan fingerprint density at radius 2 is 2.17 bits per heavy atom. The number of carbonyl (C=O) groups is 1. The lowest BCUT2D eigenvalue weighted by Crippen LogP contribution is -2.30. The molecule has 0 aromatic rings. The van der Waals surface area contributed by atoms with Crippen LogP contribution in [0.2, 0.25) is 0 Å². The molecule has 0 amide bonds. The minimum atomic E-state index is -0.832. The van der Waals surface area contributed by atoms with E-state index in [1.165, 1.54) is 0 Å². The van der Waals surface area contributed by atoms with Gasteiger partial charge in [0.25, 0.3) is 0 Å². The second-order valence-electron chi connectivity index (χ2n) is 2.86. The molecule has 0 bridgehead atoms. The van der Waals surface area contributed by atoms with Gasteiger partial charge in [-0.3, -0.25) is 4.79 Å². The van der Waals surface area contributed by atoms with Crippen molar-refractivity contribution >= 4 is 5.97 Å². The summed E-state index contributed by atoms with van der Waals surface area (Å²) in [7, 11) is 0. The summed E-state index contributed by atoms with van der Waals surface area (Å²) in [5.74, 6) is -0.832. The molecule has 0 saturated carbocycles. The maximum atomic E-state index is 10.4. The summed E-state index contributed by atoms with van der Waals surface area (Å²) in [4.78, 5) is 12.0. The highest BCUT2D eigenvalue weighted by molar-refractivity contribution is 5.69. The first-order valence-corrected chi connectivity index (χ1v) is 3.87. The molecule has 0 radical (unpaired) electrons. The Bertz CT molecular complexity index is 174. The SMILES string of the molecule is CC(C)=CN(CCN)CC(=O)O. The molecule has 0 fully saturated rings. The molecule has 0 aromatic carbocycles. The number of nitrogens with zero attached hydrogens (tertiary/aromatic N) is 1. The molecule has 4 heteroatoms. The van der Waals surface area contributed by atoms with E-state index < -0.39 is 5.97 Å². The zero-order valence-electron chi connectivity index (χ0n) is 7.58. The summed E-state index contributed by atoms with van der Waals surface area (Å²) >= 11 is 0. The predicted octanol–water partition coefficient (Wildman–Crippen LogP) is 0.255. The molecule has 0 atom stereocenters. The monoisotopic (exact) mass is 172 g/mol. The summed E-state index contributed by atoms with van der Waals surface area (Å²) in [6, 6.07) is 0. The van der Waals surface area contributed by atoms with E-state index >= 15 is 0 Å². The van der Waals surface area contributed by atoms with Crippen LogP contribution >= 0.6 is 0 Å². The van der Waals surface area contributed by atoms with Crippen LogP contribution in [0, 0.1) is 0 Å². The van der Waals surface area contributed by atoms with E-state index in [4.69, 9.17) is 10.8 Å². The van der Waals surface area contributed by atoms with Crippen LogP contribution in [0.3, 0.4) is 0 Å². The summed E-state index contributed by atoms with van der Waals surface area (Å²) in [6.45, 7) is 4.91. The Morgan fingerprint density at radius 1 is 1.58 bits per heavy atom. The van der Waals surface area contributed by atoms with Gasteiger partial charge in [-0.25, -0.2) is 0 Å². The molecule has 0 rings (SSSR count). The number of allylic oxidation sites excluding steroid dienone is 1. The van der Waals surface area contributed by atoms with Crippen molar-refractivity contribution in [2.75, 3.05) is 19.6 Å². The maximum absolute atomic E-state index is 10.4. The maximum Gasteiger partial charge on any atom is 0.323 e. The molecule has 3 N–H and O–H groups in total. The minimum absolute atomic E-state index is 0.0162. The van der Waals surface area contributed by atoms with Crippen LogP contribution in [0.25, 0.3) is 0 Å². The van der Waals surface area contributed by atoms with E-state index in [9.17, 15) is 4.79 Å². The molecule has 0 aliphatic carbocycles. The topological polar surface area (TPSA) is 66.6 Å². The third-order valence-electron chi connectivity index (χ3n) is 1.20. The molecular weight excluding hydrogens is 156 g/mol. The highest BCUT2D eigenvalue weighted by Gasteiger charge is 2.03. The van der Waals surface area contributed by atoms with E-state index in [2.05, 4.69) is 0 Å². The number of carboxylic acid groups (broad SMARTS) is 1. The van der Waals surface area contributed by atoms with Gasteiger partial charge in [-0.2, -0.15) is 0 Å². The van der Waals surface area contributed by atoms with E-state index in [0.29, 0.717) is 13.1 Å². The number of hydrogen-bond donors (Lipinski definition) is 2. The fourth-order valence-corrected chi connectivity index (χ4v) is 0.894. The first-order chi connectivity index (χ1) is 5.56. The first kappa shape index (κ1) is 11.0. The summed E-state index contributed by atoms with van der Waals surface area (Å²) in [6.07, 6.45) is 1.81. The van der Waals surface area contributed by atoms with Gasteiger partial charge in [-0.1, -0.05) is 5.57 Å².